The minimum atomic E-state index is -0.465. The summed E-state index contributed by atoms with van der Waals surface area (Å²) in [6.45, 7) is 6.29. The number of nitrogens with one attached hydrogen (secondary N) is 2. The van der Waals surface area contributed by atoms with Crippen molar-refractivity contribution in [2.24, 2.45) is 0 Å². The van der Waals surface area contributed by atoms with E-state index in [1.54, 1.807) is 18.2 Å². The highest BCUT2D eigenvalue weighted by molar-refractivity contribution is 6.33. The minimum Gasteiger partial charge on any atom is -0.465 e. The zero-order valence-electron chi connectivity index (χ0n) is 15.4. The first-order valence-corrected chi connectivity index (χ1v) is 8.61. The van der Waals surface area contributed by atoms with Gasteiger partial charge in [0.2, 0.25) is 5.91 Å². The van der Waals surface area contributed by atoms with Gasteiger partial charge in [-0.3, -0.25) is 4.79 Å². The zero-order valence-corrected chi connectivity index (χ0v) is 16.1. The zero-order chi connectivity index (χ0) is 19.3. The van der Waals surface area contributed by atoms with Gasteiger partial charge in [0.05, 0.1) is 29.9 Å². The molecule has 0 aromatic heterocycles. The summed E-state index contributed by atoms with van der Waals surface area (Å²) in [6.07, 6.45) is 0. The Morgan fingerprint density at radius 3 is 2.42 bits per heavy atom. The largest absolute Gasteiger partial charge is 0.465 e. The molecule has 0 aliphatic heterocycles. The molecule has 0 aliphatic rings. The molecule has 2 rings (SSSR count). The molecule has 2 aromatic rings. The molecule has 0 atom stereocenters. The first-order chi connectivity index (χ1) is 12.2. The van der Waals surface area contributed by atoms with Crippen molar-refractivity contribution in [3.63, 3.8) is 0 Å². The van der Waals surface area contributed by atoms with Crippen molar-refractivity contribution in [1.29, 1.82) is 0 Å². The molecule has 26 heavy (non-hydrogen) atoms. The highest BCUT2D eigenvalue weighted by Gasteiger charge is 2.18. The summed E-state index contributed by atoms with van der Waals surface area (Å²) in [5.74, 6) is -0.672. The Balaban J connectivity index is 2.08. The van der Waals surface area contributed by atoms with Crippen LogP contribution in [0.3, 0.4) is 0 Å². The van der Waals surface area contributed by atoms with E-state index >= 15 is 0 Å². The van der Waals surface area contributed by atoms with E-state index in [-0.39, 0.29) is 17.9 Å². The summed E-state index contributed by atoms with van der Waals surface area (Å²) in [5, 5.41) is 6.30. The molecule has 0 aliphatic carbocycles. The van der Waals surface area contributed by atoms with Crippen LogP contribution in [0.15, 0.2) is 42.5 Å². The minimum absolute atomic E-state index is 0.0167. The lowest BCUT2D eigenvalue weighted by atomic mass is 9.86. The number of benzene rings is 2. The molecule has 138 valence electrons. The van der Waals surface area contributed by atoms with Gasteiger partial charge in [-0.25, -0.2) is 4.79 Å². The van der Waals surface area contributed by atoms with Gasteiger partial charge in [0, 0.05) is 5.69 Å². The van der Waals surface area contributed by atoms with Gasteiger partial charge in [-0.1, -0.05) is 50.6 Å². The van der Waals surface area contributed by atoms with Crippen LogP contribution in [0.2, 0.25) is 5.02 Å². The number of rotatable bonds is 5. The molecular weight excluding hydrogens is 352 g/mol. The van der Waals surface area contributed by atoms with E-state index in [0.29, 0.717) is 16.3 Å². The van der Waals surface area contributed by atoms with E-state index in [1.807, 2.05) is 24.3 Å². The molecule has 2 aromatic carbocycles. The normalized spacial score (nSPS) is 11.0. The standard InChI is InChI=1S/C20H23ClN2O3/c1-20(2,3)14-7-5-6-8-16(14)23-18(24)12-22-17-11-13(19(25)26-4)9-10-15(17)21/h5-11,22H,12H2,1-4H3,(H,23,24). The molecule has 0 unspecified atom stereocenters. The Bertz CT molecular complexity index is 813. The van der Waals surface area contributed by atoms with Crippen molar-refractivity contribution in [2.75, 3.05) is 24.3 Å². The molecule has 0 saturated heterocycles. The number of halogens is 1. The Hall–Kier alpha value is -2.53. The van der Waals surface area contributed by atoms with E-state index in [9.17, 15) is 9.59 Å². The fourth-order valence-electron chi connectivity index (χ4n) is 2.52. The highest BCUT2D eigenvalue weighted by atomic mass is 35.5. The average molecular weight is 375 g/mol. The second-order valence-corrected chi connectivity index (χ2v) is 7.29. The van der Waals surface area contributed by atoms with Crippen LogP contribution in [0, 0.1) is 0 Å². The fourth-order valence-corrected chi connectivity index (χ4v) is 2.71. The Morgan fingerprint density at radius 2 is 1.77 bits per heavy atom. The van der Waals surface area contributed by atoms with Gasteiger partial charge in [-0.05, 0) is 35.2 Å². The van der Waals surface area contributed by atoms with Crippen LogP contribution >= 0.6 is 11.6 Å². The van der Waals surface area contributed by atoms with Gasteiger partial charge in [0.1, 0.15) is 0 Å². The molecular formula is C20H23ClN2O3. The molecule has 2 N–H and O–H groups in total. The molecule has 0 saturated carbocycles. The number of esters is 1. The van der Waals surface area contributed by atoms with Crippen molar-refractivity contribution < 1.29 is 14.3 Å². The quantitative estimate of drug-likeness (QED) is 0.757. The second kappa shape index (κ2) is 8.23. The Kier molecular flexibility index (Phi) is 6.27. The van der Waals surface area contributed by atoms with E-state index < -0.39 is 5.97 Å². The van der Waals surface area contributed by atoms with Crippen LogP contribution in [0.25, 0.3) is 0 Å². The maximum atomic E-state index is 12.3. The predicted molar refractivity (Wildman–Crippen MR) is 105 cm³/mol. The molecule has 0 spiro atoms. The molecule has 6 heteroatoms. The van der Waals surface area contributed by atoms with Crippen LogP contribution in [0.1, 0.15) is 36.7 Å². The lowest BCUT2D eigenvalue weighted by Crippen LogP contribution is -2.24. The number of hydrogen-bond donors (Lipinski definition) is 2. The Morgan fingerprint density at radius 1 is 1.08 bits per heavy atom. The maximum Gasteiger partial charge on any atom is 0.337 e. The second-order valence-electron chi connectivity index (χ2n) is 6.88. The summed E-state index contributed by atoms with van der Waals surface area (Å²) < 4.78 is 4.69. The van der Waals surface area contributed by atoms with E-state index in [1.165, 1.54) is 7.11 Å². The van der Waals surface area contributed by atoms with Crippen LogP contribution in [0.4, 0.5) is 11.4 Å². The topological polar surface area (TPSA) is 67.4 Å². The molecule has 0 radical (unpaired) electrons. The molecule has 1 amide bonds. The smallest absolute Gasteiger partial charge is 0.337 e. The van der Waals surface area contributed by atoms with Gasteiger partial charge in [0.15, 0.2) is 0 Å². The third kappa shape index (κ3) is 4.99. The number of para-hydroxylation sites is 1. The SMILES string of the molecule is COC(=O)c1ccc(Cl)c(NCC(=O)Nc2ccccc2C(C)(C)C)c1. The summed E-state index contributed by atoms with van der Waals surface area (Å²) >= 11 is 6.13. The van der Waals surface area contributed by atoms with E-state index in [0.717, 1.165) is 11.3 Å². The lowest BCUT2D eigenvalue weighted by Gasteiger charge is -2.23. The van der Waals surface area contributed by atoms with Crippen LogP contribution in [-0.4, -0.2) is 25.5 Å². The molecule has 5 nitrogen and oxygen atoms in total. The van der Waals surface area contributed by atoms with Crippen molar-refractivity contribution in [1.82, 2.24) is 0 Å². The number of methoxy groups -OCH3 is 1. The number of amides is 1. The maximum absolute atomic E-state index is 12.3. The lowest BCUT2D eigenvalue weighted by molar-refractivity contribution is -0.114. The highest BCUT2D eigenvalue weighted by Crippen LogP contribution is 2.29. The summed E-state index contributed by atoms with van der Waals surface area (Å²) in [6, 6.07) is 12.4. The van der Waals surface area contributed by atoms with Crippen LogP contribution in [-0.2, 0) is 14.9 Å². The number of carbonyl (C=O) groups excluding carboxylic acids is 2. The van der Waals surface area contributed by atoms with Gasteiger partial charge >= 0.3 is 5.97 Å². The first-order valence-electron chi connectivity index (χ1n) is 8.23. The van der Waals surface area contributed by atoms with Gasteiger partial charge in [-0.2, -0.15) is 0 Å². The third-order valence-electron chi connectivity index (χ3n) is 3.84. The van der Waals surface area contributed by atoms with E-state index in [4.69, 9.17) is 16.3 Å². The van der Waals surface area contributed by atoms with Crippen molar-refractivity contribution in [3.8, 4) is 0 Å². The number of anilines is 2. The third-order valence-corrected chi connectivity index (χ3v) is 4.17. The average Bonchev–Trinajstić information content (AvgIpc) is 2.60. The van der Waals surface area contributed by atoms with Crippen molar-refractivity contribution >= 4 is 34.9 Å². The molecule has 0 heterocycles. The monoisotopic (exact) mass is 374 g/mol. The predicted octanol–water partition coefficient (Wildman–Crippen LogP) is 4.47. The fraction of sp³-hybridized carbons (Fsp3) is 0.300. The van der Waals surface area contributed by atoms with Crippen molar-refractivity contribution in [3.05, 3.63) is 58.6 Å². The number of carbonyl (C=O) groups is 2. The van der Waals surface area contributed by atoms with Gasteiger partial charge in [0.25, 0.3) is 0 Å². The van der Waals surface area contributed by atoms with Crippen molar-refractivity contribution in [2.45, 2.75) is 26.2 Å². The Labute approximate surface area is 158 Å². The molecule has 0 fully saturated rings. The van der Waals surface area contributed by atoms with E-state index in [2.05, 4.69) is 31.4 Å². The summed E-state index contributed by atoms with van der Waals surface area (Å²) in [4.78, 5) is 24.0. The number of hydrogen-bond acceptors (Lipinski definition) is 4. The first kappa shape index (κ1) is 19.8. The summed E-state index contributed by atoms with van der Waals surface area (Å²) in [5.41, 5.74) is 2.60. The summed E-state index contributed by atoms with van der Waals surface area (Å²) in [7, 11) is 1.31. The van der Waals surface area contributed by atoms with Gasteiger partial charge in [-0.15, -0.1) is 0 Å². The number of ether oxygens (including phenoxy) is 1. The van der Waals surface area contributed by atoms with Crippen LogP contribution < -0.4 is 10.6 Å². The van der Waals surface area contributed by atoms with Crippen LogP contribution in [0.5, 0.6) is 0 Å². The van der Waals surface area contributed by atoms with Gasteiger partial charge < -0.3 is 15.4 Å². The molecule has 0 bridgehead atoms.